The number of pyridine rings is 1. The zero-order valence-corrected chi connectivity index (χ0v) is 11.8. The first-order valence-corrected chi connectivity index (χ1v) is 7.02. The number of nitrogens with one attached hydrogen (secondary N) is 1. The Morgan fingerprint density at radius 2 is 2.40 bits per heavy atom. The molecule has 1 aromatic rings. The zero-order valence-electron chi connectivity index (χ0n) is 11.8. The van der Waals surface area contributed by atoms with Crippen LogP contribution in [-0.4, -0.2) is 17.1 Å². The number of carbonyl (C=O) groups is 1. The lowest BCUT2D eigenvalue weighted by atomic mass is 9.49. The molecular formula is C16H19N3O. The van der Waals surface area contributed by atoms with E-state index in [2.05, 4.69) is 35.4 Å². The molecule has 4 rings (SSSR count). The Bertz CT molecular complexity index is 575. The van der Waals surface area contributed by atoms with Crippen LogP contribution in [0.15, 0.2) is 41.3 Å². The molecular weight excluding hydrogens is 250 g/mol. The molecule has 0 unspecified atom stereocenters. The summed E-state index contributed by atoms with van der Waals surface area (Å²) in [6, 6.07) is 3.46. The summed E-state index contributed by atoms with van der Waals surface area (Å²) in [7, 11) is 0. The van der Waals surface area contributed by atoms with Gasteiger partial charge in [0.05, 0.1) is 11.8 Å². The van der Waals surface area contributed by atoms with E-state index in [1.807, 2.05) is 0 Å². The van der Waals surface area contributed by atoms with Crippen LogP contribution in [0, 0.1) is 17.3 Å². The number of rotatable bonds is 3. The maximum Gasteiger partial charge on any atom is 0.272 e. The molecule has 4 nitrogen and oxygen atoms in total. The molecule has 1 fully saturated rings. The van der Waals surface area contributed by atoms with E-state index < -0.39 is 0 Å². The third kappa shape index (κ3) is 2.15. The van der Waals surface area contributed by atoms with E-state index >= 15 is 0 Å². The number of hydrogen-bond acceptors (Lipinski definition) is 3. The van der Waals surface area contributed by atoms with E-state index in [1.165, 1.54) is 18.2 Å². The summed E-state index contributed by atoms with van der Waals surface area (Å²) in [5, 5.41) is 4.09. The van der Waals surface area contributed by atoms with E-state index in [-0.39, 0.29) is 5.91 Å². The van der Waals surface area contributed by atoms with Crippen molar-refractivity contribution < 1.29 is 4.79 Å². The molecule has 104 valence electrons. The third-order valence-corrected chi connectivity index (χ3v) is 4.81. The van der Waals surface area contributed by atoms with Gasteiger partial charge in [0.25, 0.3) is 5.91 Å². The molecule has 0 radical (unpaired) electrons. The maximum atomic E-state index is 11.8. The van der Waals surface area contributed by atoms with Gasteiger partial charge in [-0.05, 0) is 47.8 Å². The first kappa shape index (κ1) is 13.0. The average Bonchev–Trinajstić information content (AvgIpc) is 2.48. The van der Waals surface area contributed by atoms with Crippen LogP contribution in [0.25, 0.3) is 0 Å². The van der Waals surface area contributed by atoms with Crippen molar-refractivity contribution in [3.8, 4) is 0 Å². The lowest BCUT2D eigenvalue weighted by Crippen LogP contribution is -2.48. The summed E-state index contributed by atoms with van der Waals surface area (Å²) in [4.78, 5) is 15.7. The van der Waals surface area contributed by atoms with Crippen molar-refractivity contribution in [2.75, 3.05) is 0 Å². The van der Waals surface area contributed by atoms with Gasteiger partial charge < -0.3 is 0 Å². The highest BCUT2D eigenvalue weighted by Gasteiger charge is 2.50. The van der Waals surface area contributed by atoms with E-state index in [9.17, 15) is 4.79 Å². The highest BCUT2D eigenvalue weighted by atomic mass is 16.2. The second kappa shape index (κ2) is 4.85. The highest BCUT2D eigenvalue weighted by molar-refractivity contribution is 5.94. The van der Waals surface area contributed by atoms with Gasteiger partial charge in [0, 0.05) is 12.4 Å². The Labute approximate surface area is 119 Å². The summed E-state index contributed by atoms with van der Waals surface area (Å²) in [6.45, 7) is 4.64. The van der Waals surface area contributed by atoms with Gasteiger partial charge in [-0.1, -0.05) is 19.9 Å². The quantitative estimate of drug-likeness (QED) is 0.677. The van der Waals surface area contributed by atoms with E-state index in [1.54, 1.807) is 24.5 Å². The molecule has 0 saturated heterocycles. The molecule has 3 aliphatic carbocycles. The second-order valence-corrected chi connectivity index (χ2v) is 6.19. The van der Waals surface area contributed by atoms with E-state index in [4.69, 9.17) is 0 Å². The Hall–Kier alpha value is -1.97. The van der Waals surface area contributed by atoms with Crippen LogP contribution in [0.4, 0.5) is 0 Å². The zero-order chi connectivity index (χ0) is 14.2. The van der Waals surface area contributed by atoms with Crippen molar-refractivity contribution in [1.82, 2.24) is 10.4 Å². The molecule has 2 atom stereocenters. The largest absolute Gasteiger partial charge is 0.272 e. The van der Waals surface area contributed by atoms with Crippen LogP contribution in [0.1, 0.15) is 37.0 Å². The van der Waals surface area contributed by atoms with Crippen molar-refractivity contribution in [2.45, 2.75) is 26.7 Å². The SMILES string of the molecule is CC1(C)[C@H]2CC=C(/C=N\NC(=O)c3cccnc3)[C@H]1C2. The minimum atomic E-state index is -0.225. The van der Waals surface area contributed by atoms with Crippen LogP contribution in [0.3, 0.4) is 0 Å². The Kier molecular flexibility index (Phi) is 3.16. The molecule has 1 heterocycles. The number of carbonyl (C=O) groups excluding carboxylic acids is 1. The van der Waals surface area contributed by atoms with Gasteiger partial charge in [-0.3, -0.25) is 9.78 Å². The van der Waals surface area contributed by atoms with Crippen molar-refractivity contribution in [2.24, 2.45) is 22.4 Å². The van der Waals surface area contributed by atoms with Crippen molar-refractivity contribution in [3.63, 3.8) is 0 Å². The molecule has 0 aromatic carbocycles. The standard InChI is InChI=1S/C16H19N3O/c1-16(2)13-6-5-11(14(16)8-13)10-18-19-15(20)12-4-3-7-17-9-12/h3-5,7,9-10,13-14H,6,8H2,1-2H3,(H,19,20)/b18-10-/t13-,14+/m0/s1. The molecule has 4 heteroatoms. The van der Waals surface area contributed by atoms with Gasteiger partial charge in [0.15, 0.2) is 0 Å². The predicted molar refractivity (Wildman–Crippen MR) is 78.3 cm³/mol. The number of amides is 1. The molecule has 20 heavy (non-hydrogen) atoms. The number of hydrogen-bond donors (Lipinski definition) is 1. The Balaban J connectivity index is 1.62. The fourth-order valence-corrected chi connectivity index (χ4v) is 3.27. The van der Waals surface area contributed by atoms with Crippen LogP contribution in [0.5, 0.6) is 0 Å². The summed E-state index contributed by atoms with van der Waals surface area (Å²) in [5.41, 5.74) is 4.71. The average molecular weight is 269 g/mol. The summed E-state index contributed by atoms with van der Waals surface area (Å²) in [6.07, 6.45) is 9.61. The fraction of sp³-hybridized carbons (Fsp3) is 0.438. The van der Waals surface area contributed by atoms with Crippen LogP contribution < -0.4 is 5.43 Å². The van der Waals surface area contributed by atoms with E-state index in [0.29, 0.717) is 16.9 Å². The van der Waals surface area contributed by atoms with Gasteiger partial charge in [-0.15, -0.1) is 0 Å². The van der Waals surface area contributed by atoms with Gasteiger partial charge in [0.1, 0.15) is 0 Å². The number of hydrazone groups is 1. The normalized spacial score (nSPS) is 26.8. The summed E-state index contributed by atoms with van der Waals surface area (Å²) in [5.74, 6) is 1.17. The lowest BCUT2D eigenvalue weighted by molar-refractivity contribution is -0.00126. The highest BCUT2D eigenvalue weighted by Crippen LogP contribution is 2.58. The van der Waals surface area contributed by atoms with Gasteiger partial charge in [-0.2, -0.15) is 5.10 Å². The smallest absolute Gasteiger partial charge is 0.267 e. The van der Waals surface area contributed by atoms with Gasteiger partial charge in [-0.25, -0.2) is 5.43 Å². The molecule has 2 bridgehead atoms. The number of fused-ring (bicyclic) bond motifs is 1. The molecule has 1 N–H and O–H groups in total. The monoisotopic (exact) mass is 269 g/mol. The first-order valence-electron chi connectivity index (χ1n) is 7.02. The molecule has 0 spiro atoms. The van der Waals surface area contributed by atoms with Crippen LogP contribution in [-0.2, 0) is 0 Å². The molecule has 1 aromatic heterocycles. The predicted octanol–water partition coefficient (Wildman–Crippen LogP) is 2.79. The minimum absolute atomic E-state index is 0.225. The maximum absolute atomic E-state index is 11.8. The summed E-state index contributed by atoms with van der Waals surface area (Å²) < 4.78 is 0. The van der Waals surface area contributed by atoms with E-state index in [0.717, 1.165) is 12.3 Å². The van der Waals surface area contributed by atoms with Gasteiger partial charge >= 0.3 is 0 Å². The van der Waals surface area contributed by atoms with Crippen molar-refractivity contribution in [1.29, 1.82) is 0 Å². The Morgan fingerprint density at radius 1 is 1.55 bits per heavy atom. The first-order chi connectivity index (χ1) is 9.59. The van der Waals surface area contributed by atoms with Crippen LogP contribution >= 0.6 is 0 Å². The topological polar surface area (TPSA) is 54.4 Å². The third-order valence-electron chi connectivity index (χ3n) is 4.81. The number of nitrogens with zero attached hydrogens (tertiary/aromatic N) is 2. The molecule has 3 aliphatic rings. The van der Waals surface area contributed by atoms with Gasteiger partial charge in [0.2, 0.25) is 0 Å². The lowest BCUT2D eigenvalue weighted by Gasteiger charge is -2.55. The van der Waals surface area contributed by atoms with Crippen molar-refractivity contribution >= 4 is 12.1 Å². The minimum Gasteiger partial charge on any atom is -0.267 e. The molecule has 1 saturated carbocycles. The number of allylic oxidation sites excluding steroid dienone is 2. The second-order valence-electron chi connectivity index (χ2n) is 6.19. The van der Waals surface area contributed by atoms with Crippen molar-refractivity contribution in [3.05, 3.63) is 41.7 Å². The number of aromatic nitrogens is 1. The summed E-state index contributed by atoms with van der Waals surface area (Å²) >= 11 is 0. The van der Waals surface area contributed by atoms with Crippen LogP contribution in [0.2, 0.25) is 0 Å². The Morgan fingerprint density at radius 3 is 3.05 bits per heavy atom. The molecule has 0 aliphatic heterocycles. The molecule has 1 amide bonds. The fourth-order valence-electron chi connectivity index (χ4n) is 3.27.